The van der Waals surface area contributed by atoms with Gasteiger partial charge in [-0.25, -0.2) is 0 Å². The summed E-state index contributed by atoms with van der Waals surface area (Å²) in [6.07, 6.45) is 3.31. The fourth-order valence-corrected chi connectivity index (χ4v) is 2.59. The van der Waals surface area contributed by atoms with E-state index in [2.05, 4.69) is 35.8 Å². The molecular weight excluding hydrogens is 252 g/mol. The van der Waals surface area contributed by atoms with Crippen LogP contribution in [0.25, 0.3) is 0 Å². The third-order valence-corrected chi connectivity index (χ3v) is 3.88. The van der Waals surface area contributed by atoms with Gasteiger partial charge in [-0.1, -0.05) is 17.7 Å². The quantitative estimate of drug-likeness (QED) is 0.771. The van der Waals surface area contributed by atoms with Crippen molar-refractivity contribution < 1.29 is 9.53 Å². The standard InChI is InChI=1S/C16H22N2O2/c1-11-2-5-15-13(8-11)9-14(20-15)10-17-6-7-18-16(19)12-3-4-12/h2,5,8,12,14,17H,3-4,6-7,9-10H2,1H3,(H,18,19). The van der Waals surface area contributed by atoms with Crippen molar-refractivity contribution in [2.24, 2.45) is 5.92 Å². The molecule has 2 aliphatic rings. The van der Waals surface area contributed by atoms with Gasteiger partial charge in [-0.15, -0.1) is 0 Å². The Kier molecular flexibility index (Phi) is 3.92. The molecular formula is C16H22N2O2. The van der Waals surface area contributed by atoms with Crippen molar-refractivity contribution in [3.8, 4) is 5.75 Å². The van der Waals surface area contributed by atoms with Crippen LogP contribution in [0.4, 0.5) is 0 Å². The van der Waals surface area contributed by atoms with Gasteiger partial charge in [-0.05, 0) is 31.4 Å². The van der Waals surface area contributed by atoms with Crippen molar-refractivity contribution in [3.05, 3.63) is 29.3 Å². The summed E-state index contributed by atoms with van der Waals surface area (Å²) in [6.45, 7) is 4.43. The van der Waals surface area contributed by atoms with Gasteiger partial charge in [-0.3, -0.25) is 4.79 Å². The molecule has 1 atom stereocenters. The van der Waals surface area contributed by atoms with E-state index in [-0.39, 0.29) is 12.0 Å². The van der Waals surface area contributed by atoms with Crippen molar-refractivity contribution in [2.45, 2.75) is 32.3 Å². The van der Waals surface area contributed by atoms with E-state index in [0.29, 0.717) is 12.5 Å². The van der Waals surface area contributed by atoms with Crippen LogP contribution in [0.5, 0.6) is 5.75 Å². The van der Waals surface area contributed by atoms with Crippen LogP contribution >= 0.6 is 0 Å². The number of amides is 1. The number of rotatable bonds is 6. The van der Waals surface area contributed by atoms with Crippen LogP contribution in [0.3, 0.4) is 0 Å². The number of fused-ring (bicyclic) bond motifs is 1. The molecule has 1 fully saturated rings. The summed E-state index contributed by atoms with van der Waals surface area (Å²) in [5, 5.41) is 6.30. The van der Waals surface area contributed by atoms with E-state index in [0.717, 1.165) is 38.1 Å². The number of carbonyl (C=O) groups is 1. The number of ether oxygens (including phenoxy) is 1. The molecule has 1 heterocycles. The van der Waals surface area contributed by atoms with Crippen LogP contribution in [0, 0.1) is 12.8 Å². The first-order valence-electron chi connectivity index (χ1n) is 7.47. The van der Waals surface area contributed by atoms with E-state index in [1.165, 1.54) is 11.1 Å². The molecule has 1 aliphatic carbocycles. The van der Waals surface area contributed by atoms with Crippen LogP contribution in [-0.2, 0) is 11.2 Å². The molecule has 0 saturated heterocycles. The number of carbonyl (C=O) groups excluding carboxylic acids is 1. The van der Waals surface area contributed by atoms with Gasteiger partial charge in [0.05, 0.1) is 0 Å². The van der Waals surface area contributed by atoms with Gasteiger partial charge in [0, 0.05) is 32.0 Å². The van der Waals surface area contributed by atoms with Crippen molar-refractivity contribution in [2.75, 3.05) is 19.6 Å². The molecule has 1 aromatic rings. The van der Waals surface area contributed by atoms with Gasteiger partial charge in [0.15, 0.2) is 0 Å². The fourth-order valence-electron chi connectivity index (χ4n) is 2.59. The molecule has 1 aromatic carbocycles. The van der Waals surface area contributed by atoms with Crippen LogP contribution in [-0.4, -0.2) is 31.6 Å². The van der Waals surface area contributed by atoms with E-state index in [1.807, 2.05) is 0 Å². The molecule has 0 bridgehead atoms. The summed E-state index contributed by atoms with van der Waals surface area (Å²) >= 11 is 0. The third-order valence-electron chi connectivity index (χ3n) is 3.88. The molecule has 20 heavy (non-hydrogen) atoms. The minimum Gasteiger partial charge on any atom is -0.488 e. The van der Waals surface area contributed by atoms with Crippen LogP contribution in [0.15, 0.2) is 18.2 Å². The highest BCUT2D eigenvalue weighted by Gasteiger charge is 2.29. The van der Waals surface area contributed by atoms with E-state index in [9.17, 15) is 4.79 Å². The SMILES string of the molecule is Cc1ccc2c(c1)CC(CNCCNC(=O)C1CC1)O2. The summed E-state index contributed by atoms with van der Waals surface area (Å²) < 4.78 is 5.89. The lowest BCUT2D eigenvalue weighted by atomic mass is 10.1. The van der Waals surface area contributed by atoms with Crippen LogP contribution in [0.1, 0.15) is 24.0 Å². The second-order valence-corrected chi connectivity index (χ2v) is 5.82. The van der Waals surface area contributed by atoms with Crippen molar-refractivity contribution in [3.63, 3.8) is 0 Å². The van der Waals surface area contributed by atoms with Crippen molar-refractivity contribution in [1.29, 1.82) is 0 Å². The number of aryl methyl sites for hydroxylation is 1. The van der Waals surface area contributed by atoms with E-state index in [1.54, 1.807) is 0 Å². The Morgan fingerprint density at radius 1 is 1.35 bits per heavy atom. The van der Waals surface area contributed by atoms with E-state index >= 15 is 0 Å². The Morgan fingerprint density at radius 3 is 3.00 bits per heavy atom. The average Bonchev–Trinajstić information content (AvgIpc) is 3.19. The van der Waals surface area contributed by atoms with Crippen LogP contribution < -0.4 is 15.4 Å². The number of hydrogen-bond donors (Lipinski definition) is 2. The topological polar surface area (TPSA) is 50.4 Å². The Hall–Kier alpha value is -1.55. The lowest BCUT2D eigenvalue weighted by molar-refractivity contribution is -0.122. The lowest BCUT2D eigenvalue weighted by Crippen LogP contribution is -2.37. The zero-order valence-electron chi connectivity index (χ0n) is 11.9. The average molecular weight is 274 g/mol. The van der Waals surface area contributed by atoms with Gasteiger partial charge in [0.2, 0.25) is 5.91 Å². The van der Waals surface area contributed by atoms with Gasteiger partial charge in [-0.2, -0.15) is 0 Å². The Bertz CT molecular complexity index is 497. The normalized spacial score (nSPS) is 20.4. The molecule has 1 saturated carbocycles. The monoisotopic (exact) mass is 274 g/mol. The summed E-state index contributed by atoms with van der Waals surface area (Å²) in [7, 11) is 0. The van der Waals surface area contributed by atoms with Gasteiger partial charge < -0.3 is 15.4 Å². The maximum atomic E-state index is 11.4. The molecule has 4 heteroatoms. The zero-order chi connectivity index (χ0) is 13.9. The number of nitrogens with one attached hydrogen (secondary N) is 2. The first-order chi connectivity index (χ1) is 9.72. The Labute approximate surface area is 119 Å². The Balaban J connectivity index is 1.33. The maximum absolute atomic E-state index is 11.4. The highest BCUT2D eigenvalue weighted by Crippen LogP contribution is 2.29. The fraction of sp³-hybridized carbons (Fsp3) is 0.562. The minimum absolute atomic E-state index is 0.214. The number of hydrogen-bond acceptors (Lipinski definition) is 3. The lowest BCUT2D eigenvalue weighted by Gasteiger charge is -2.12. The summed E-state index contributed by atoms with van der Waals surface area (Å²) in [5.41, 5.74) is 2.59. The number of benzene rings is 1. The van der Waals surface area contributed by atoms with Crippen molar-refractivity contribution >= 4 is 5.91 Å². The predicted octanol–water partition coefficient (Wildman–Crippen LogP) is 1.41. The van der Waals surface area contributed by atoms with Crippen LogP contribution in [0.2, 0.25) is 0 Å². The Morgan fingerprint density at radius 2 is 2.20 bits per heavy atom. The smallest absolute Gasteiger partial charge is 0.223 e. The first kappa shape index (κ1) is 13.4. The van der Waals surface area contributed by atoms with Crippen molar-refractivity contribution in [1.82, 2.24) is 10.6 Å². The second-order valence-electron chi connectivity index (χ2n) is 5.82. The summed E-state index contributed by atoms with van der Waals surface area (Å²) in [6, 6.07) is 6.34. The molecule has 0 radical (unpaired) electrons. The molecule has 108 valence electrons. The molecule has 1 unspecified atom stereocenters. The summed E-state index contributed by atoms with van der Waals surface area (Å²) in [5.74, 6) is 1.53. The minimum atomic E-state index is 0.214. The summed E-state index contributed by atoms with van der Waals surface area (Å²) in [4.78, 5) is 11.4. The third kappa shape index (κ3) is 3.31. The molecule has 2 N–H and O–H groups in total. The largest absolute Gasteiger partial charge is 0.488 e. The van der Waals surface area contributed by atoms with Gasteiger partial charge in [0.25, 0.3) is 0 Å². The first-order valence-corrected chi connectivity index (χ1v) is 7.47. The molecule has 0 aromatic heterocycles. The zero-order valence-corrected chi connectivity index (χ0v) is 11.9. The molecule has 4 nitrogen and oxygen atoms in total. The maximum Gasteiger partial charge on any atom is 0.223 e. The predicted molar refractivity (Wildman–Crippen MR) is 77.9 cm³/mol. The molecule has 1 aliphatic heterocycles. The van der Waals surface area contributed by atoms with E-state index < -0.39 is 0 Å². The van der Waals surface area contributed by atoms with Gasteiger partial charge in [0.1, 0.15) is 11.9 Å². The second kappa shape index (κ2) is 5.83. The molecule has 3 rings (SSSR count). The highest BCUT2D eigenvalue weighted by molar-refractivity contribution is 5.80. The molecule has 1 amide bonds. The van der Waals surface area contributed by atoms with Gasteiger partial charge >= 0.3 is 0 Å². The highest BCUT2D eigenvalue weighted by atomic mass is 16.5. The molecule has 0 spiro atoms. The van der Waals surface area contributed by atoms with E-state index in [4.69, 9.17) is 4.74 Å².